The fraction of sp³-hybridized carbons (Fsp3) is 0.500. The van der Waals surface area contributed by atoms with Crippen LogP contribution >= 0.6 is 0 Å². The first-order valence-electron chi connectivity index (χ1n) is 8.20. The Morgan fingerprint density at radius 3 is 2.73 bits per heavy atom. The van der Waals surface area contributed by atoms with Gasteiger partial charge in [0, 0.05) is 42.6 Å². The lowest BCUT2D eigenvalue weighted by atomic mass is 10.1. The normalized spacial score (nSPS) is 22.0. The van der Waals surface area contributed by atoms with E-state index in [-0.39, 0.29) is 12.2 Å². The van der Waals surface area contributed by atoms with Gasteiger partial charge in [0.15, 0.2) is 0 Å². The van der Waals surface area contributed by atoms with E-state index in [0.717, 1.165) is 31.6 Å². The SMILES string of the molecule is CCCNc1ccnc2ccc(N3CC(C)OC(C)C3)cc12. The molecule has 1 aromatic carbocycles. The number of benzene rings is 1. The van der Waals surface area contributed by atoms with Crippen LogP contribution in [0.1, 0.15) is 27.2 Å². The molecule has 2 atom stereocenters. The molecule has 2 unspecified atom stereocenters. The number of ether oxygens (including phenoxy) is 1. The van der Waals surface area contributed by atoms with E-state index in [1.807, 2.05) is 6.20 Å². The van der Waals surface area contributed by atoms with Crippen LogP contribution in [0.5, 0.6) is 0 Å². The summed E-state index contributed by atoms with van der Waals surface area (Å²) in [5.41, 5.74) is 3.46. The zero-order valence-corrected chi connectivity index (χ0v) is 13.7. The summed E-state index contributed by atoms with van der Waals surface area (Å²) in [7, 11) is 0. The van der Waals surface area contributed by atoms with Crippen LogP contribution in [0.2, 0.25) is 0 Å². The van der Waals surface area contributed by atoms with Crippen molar-refractivity contribution >= 4 is 22.3 Å². The molecule has 1 saturated heterocycles. The zero-order valence-electron chi connectivity index (χ0n) is 13.7. The Hall–Kier alpha value is -1.81. The van der Waals surface area contributed by atoms with E-state index >= 15 is 0 Å². The highest BCUT2D eigenvalue weighted by molar-refractivity contribution is 5.93. The Balaban J connectivity index is 1.94. The van der Waals surface area contributed by atoms with Gasteiger partial charge in [-0.25, -0.2) is 0 Å². The molecular weight excluding hydrogens is 274 g/mol. The van der Waals surface area contributed by atoms with Gasteiger partial charge in [0.25, 0.3) is 0 Å². The number of pyridine rings is 1. The van der Waals surface area contributed by atoms with Crippen LogP contribution in [-0.2, 0) is 4.74 Å². The third-order valence-electron chi connectivity index (χ3n) is 4.08. The van der Waals surface area contributed by atoms with Crippen molar-refractivity contribution < 1.29 is 4.74 Å². The van der Waals surface area contributed by atoms with Crippen molar-refractivity contribution in [3.8, 4) is 0 Å². The van der Waals surface area contributed by atoms with Gasteiger partial charge in [0.05, 0.1) is 17.7 Å². The number of anilines is 2. The second-order valence-electron chi connectivity index (χ2n) is 6.15. The molecule has 0 saturated carbocycles. The van der Waals surface area contributed by atoms with Gasteiger partial charge in [-0.05, 0) is 44.5 Å². The first kappa shape index (κ1) is 15.1. The van der Waals surface area contributed by atoms with Crippen LogP contribution in [0.25, 0.3) is 10.9 Å². The number of fused-ring (bicyclic) bond motifs is 1. The Kier molecular flexibility index (Phi) is 4.48. The minimum atomic E-state index is 0.269. The summed E-state index contributed by atoms with van der Waals surface area (Å²) < 4.78 is 5.84. The van der Waals surface area contributed by atoms with Crippen molar-refractivity contribution in [2.24, 2.45) is 0 Å². The largest absolute Gasteiger partial charge is 0.384 e. The van der Waals surface area contributed by atoms with Crippen LogP contribution in [0.15, 0.2) is 30.5 Å². The lowest BCUT2D eigenvalue weighted by molar-refractivity contribution is -0.00520. The summed E-state index contributed by atoms with van der Waals surface area (Å²) in [6.07, 6.45) is 3.53. The highest BCUT2D eigenvalue weighted by atomic mass is 16.5. The van der Waals surface area contributed by atoms with E-state index in [4.69, 9.17) is 4.74 Å². The Bertz CT molecular complexity index is 633. The van der Waals surface area contributed by atoms with Crippen LogP contribution in [-0.4, -0.2) is 36.8 Å². The maximum atomic E-state index is 5.84. The number of morpholine rings is 1. The standard InChI is InChI=1S/C18H25N3O/c1-4-8-19-18-7-9-20-17-6-5-15(10-16(17)18)21-11-13(2)22-14(3)12-21/h5-7,9-10,13-14H,4,8,11-12H2,1-3H3,(H,19,20). The number of aromatic nitrogens is 1. The van der Waals surface area contributed by atoms with Gasteiger partial charge in [-0.2, -0.15) is 0 Å². The van der Waals surface area contributed by atoms with Crippen LogP contribution in [0, 0.1) is 0 Å². The van der Waals surface area contributed by atoms with Gasteiger partial charge in [-0.15, -0.1) is 0 Å². The summed E-state index contributed by atoms with van der Waals surface area (Å²) in [6, 6.07) is 8.60. The fourth-order valence-electron chi connectivity index (χ4n) is 3.13. The van der Waals surface area contributed by atoms with Crippen molar-refractivity contribution in [2.45, 2.75) is 39.4 Å². The molecule has 0 amide bonds. The summed E-state index contributed by atoms with van der Waals surface area (Å²) in [5.74, 6) is 0. The van der Waals surface area contributed by atoms with E-state index in [0.29, 0.717) is 0 Å². The van der Waals surface area contributed by atoms with E-state index < -0.39 is 0 Å². The van der Waals surface area contributed by atoms with Crippen molar-refractivity contribution in [1.82, 2.24) is 4.98 Å². The third-order valence-corrected chi connectivity index (χ3v) is 4.08. The zero-order chi connectivity index (χ0) is 15.5. The molecule has 22 heavy (non-hydrogen) atoms. The molecule has 1 N–H and O–H groups in total. The van der Waals surface area contributed by atoms with E-state index in [2.05, 4.69) is 60.2 Å². The van der Waals surface area contributed by atoms with Gasteiger partial charge < -0.3 is 15.0 Å². The summed E-state index contributed by atoms with van der Waals surface area (Å²) >= 11 is 0. The summed E-state index contributed by atoms with van der Waals surface area (Å²) in [6.45, 7) is 9.31. The number of rotatable bonds is 4. The highest BCUT2D eigenvalue weighted by Gasteiger charge is 2.22. The quantitative estimate of drug-likeness (QED) is 0.934. The molecule has 1 aromatic heterocycles. The molecule has 0 spiro atoms. The Morgan fingerprint density at radius 1 is 1.23 bits per heavy atom. The monoisotopic (exact) mass is 299 g/mol. The maximum absolute atomic E-state index is 5.84. The van der Waals surface area contributed by atoms with Gasteiger partial charge in [-0.1, -0.05) is 6.92 Å². The Labute approximate surface area is 132 Å². The molecule has 0 radical (unpaired) electrons. The molecule has 1 aliphatic heterocycles. The maximum Gasteiger partial charge on any atom is 0.0726 e. The third kappa shape index (κ3) is 3.17. The molecule has 4 nitrogen and oxygen atoms in total. The molecule has 0 aliphatic carbocycles. The first-order valence-corrected chi connectivity index (χ1v) is 8.20. The molecule has 0 bridgehead atoms. The molecule has 4 heteroatoms. The van der Waals surface area contributed by atoms with Crippen LogP contribution in [0.3, 0.4) is 0 Å². The number of hydrogen-bond acceptors (Lipinski definition) is 4. The summed E-state index contributed by atoms with van der Waals surface area (Å²) in [5, 5.41) is 4.70. The average molecular weight is 299 g/mol. The van der Waals surface area contributed by atoms with E-state index in [9.17, 15) is 0 Å². The molecule has 118 valence electrons. The lowest BCUT2D eigenvalue weighted by Crippen LogP contribution is -2.45. The topological polar surface area (TPSA) is 37.4 Å². The van der Waals surface area contributed by atoms with Crippen LogP contribution in [0.4, 0.5) is 11.4 Å². The molecule has 3 rings (SSSR count). The summed E-state index contributed by atoms with van der Waals surface area (Å²) in [4.78, 5) is 6.89. The molecule has 1 fully saturated rings. The van der Waals surface area contributed by atoms with Crippen molar-refractivity contribution in [3.63, 3.8) is 0 Å². The van der Waals surface area contributed by atoms with Gasteiger partial charge in [-0.3, -0.25) is 4.98 Å². The molecule has 2 heterocycles. The predicted molar refractivity (Wildman–Crippen MR) is 92.7 cm³/mol. The highest BCUT2D eigenvalue weighted by Crippen LogP contribution is 2.28. The van der Waals surface area contributed by atoms with Crippen molar-refractivity contribution in [2.75, 3.05) is 29.9 Å². The minimum absolute atomic E-state index is 0.269. The van der Waals surface area contributed by atoms with Crippen molar-refractivity contribution in [1.29, 1.82) is 0 Å². The predicted octanol–water partition coefficient (Wildman–Crippen LogP) is 3.67. The number of nitrogens with one attached hydrogen (secondary N) is 1. The lowest BCUT2D eigenvalue weighted by Gasteiger charge is -2.37. The smallest absolute Gasteiger partial charge is 0.0726 e. The number of nitrogens with zero attached hydrogens (tertiary/aromatic N) is 2. The van der Waals surface area contributed by atoms with Crippen molar-refractivity contribution in [3.05, 3.63) is 30.5 Å². The second kappa shape index (κ2) is 6.53. The van der Waals surface area contributed by atoms with Gasteiger partial charge in [0.1, 0.15) is 0 Å². The second-order valence-corrected chi connectivity index (χ2v) is 6.15. The molecule has 1 aliphatic rings. The minimum Gasteiger partial charge on any atom is -0.384 e. The van der Waals surface area contributed by atoms with E-state index in [1.165, 1.54) is 16.8 Å². The van der Waals surface area contributed by atoms with Gasteiger partial charge >= 0.3 is 0 Å². The molecule has 2 aromatic rings. The number of hydrogen-bond donors (Lipinski definition) is 1. The van der Waals surface area contributed by atoms with E-state index in [1.54, 1.807) is 0 Å². The molecular formula is C18H25N3O. The van der Waals surface area contributed by atoms with Crippen LogP contribution < -0.4 is 10.2 Å². The first-order chi connectivity index (χ1) is 10.7. The Morgan fingerprint density at radius 2 is 2.00 bits per heavy atom. The average Bonchev–Trinajstić information content (AvgIpc) is 2.51. The fourth-order valence-corrected chi connectivity index (χ4v) is 3.13. The van der Waals surface area contributed by atoms with Gasteiger partial charge in [0.2, 0.25) is 0 Å².